The van der Waals surface area contributed by atoms with Crippen molar-refractivity contribution in [1.82, 2.24) is 4.98 Å². The quantitative estimate of drug-likeness (QED) is 0.754. The Bertz CT molecular complexity index is 530. The standard InChI is InChI=1S/C14H19N3O3/c1-8-5-6-11(12(15)18)13(17-8)16-7-9-3-2-4-10(9)14(19)20/h5-6,9-10H,2-4,7H2,1H3,(H2,15,18)(H,16,17)(H,19,20). The summed E-state index contributed by atoms with van der Waals surface area (Å²) in [7, 11) is 0. The van der Waals surface area contributed by atoms with Gasteiger partial charge in [0.25, 0.3) is 5.91 Å². The molecule has 1 aromatic rings. The molecule has 2 rings (SSSR count). The monoisotopic (exact) mass is 277 g/mol. The van der Waals surface area contributed by atoms with Gasteiger partial charge in [-0.3, -0.25) is 9.59 Å². The fraction of sp³-hybridized carbons (Fsp3) is 0.500. The van der Waals surface area contributed by atoms with Crippen LogP contribution in [-0.2, 0) is 4.79 Å². The normalized spacial score (nSPS) is 21.6. The number of pyridine rings is 1. The van der Waals surface area contributed by atoms with E-state index < -0.39 is 11.9 Å². The molecule has 2 unspecified atom stereocenters. The van der Waals surface area contributed by atoms with Crippen LogP contribution in [0.3, 0.4) is 0 Å². The minimum atomic E-state index is -0.748. The van der Waals surface area contributed by atoms with Crippen molar-refractivity contribution in [2.45, 2.75) is 26.2 Å². The van der Waals surface area contributed by atoms with Crippen LogP contribution in [0.4, 0.5) is 5.82 Å². The number of nitrogens with two attached hydrogens (primary N) is 1. The second-order valence-corrected chi connectivity index (χ2v) is 5.23. The van der Waals surface area contributed by atoms with Gasteiger partial charge in [0.05, 0.1) is 11.5 Å². The molecule has 1 heterocycles. The van der Waals surface area contributed by atoms with Crippen molar-refractivity contribution in [1.29, 1.82) is 0 Å². The van der Waals surface area contributed by atoms with E-state index in [1.54, 1.807) is 12.1 Å². The van der Waals surface area contributed by atoms with Crippen LogP contribution in [0.1, 0.15) is 35.3 Å². The Morgan fingerprint density at radius 2 is 2.20 bits per heavy atom. The average molecular weight is 277 g/mol. The van der Waals surface area contributed by atoms with E-state index in [1.165, 1.54) is 0 Å². The number of carboxylic acid groups (broad SMARTS) is 1. The molecule has 1 fully saturated rings. The lowest BCUT2D eigenvalue weighted by Crippen LogP contribution is -2.26. The fourth-order valence-corrected chi connectivity index (χ4v) is 2.72. The van der Waals surface area contributed by atoms with Crippen LogP contribution in [0.5, 0.6) is 0 Å². The molecule has 20 heavy (non-hydrogen) atoms. The molecule has 0 spiro atoms. The second-order valence-electron chi connectivity index (χ2n) is 5.23. The molecule has 1 amide bonds. The van der Waals surface area contributed by atoms with Crippen molar-refractivity contribution in [3.63, 3.8) is 0 Å². The van der Waals surface area contributed by atoms with Gasteiger partial charge in [0.2, 0.25) is 0 Å². The zero-order chi connectivity index (χ0) is 14.7. The zero-order valence-corrected chi connectivity index (χ0v) is 11.4. The molecule has 108 valence electrons. The number of nitrogens with zero attached hydrogens (tertiary/aromatic N) is 1. The van der Waals surface area contributed by atoms with E-state index in [4.69, 9.17) is 10.8 Å². The molecular weight excluding hydrogens is 258 g/mol. The Balaban J connectivity index is 2.09. The summed E-state index contributed by atoms with van der Waals surface area (Å²) >= 11 is 0. The topological polar surface area (TPSA) is 105 Å². The maximum absolute atomic E-state index is 11.3. The molecule has 0 bridgehead atoms. The SMILES string of the molecule is Cc1ccc(C(N)=O)c(NCC2CCCC2C(=O)O)n1. The minimum absolute atomic E-state index is 0.0653. The predicted octanol–water partition coefficient (Wildman–Crippen LogP) is 1.40. The molecule has 0 radical (unpaired) electrons. The highest BCUT2D eigenvalue weighted by atomic mass is 16.4. The van der Waals surface area contributed by atoms with E-state index in [9.17, 15) is 9.59 Å². The summed E-state index contributed by atoms with van der Waals surface area (Å²) in [5, 5.41) is 12.2. The van der Waals surface area contributed by atoms with Crippen LogP contribution in [0.25, 0.3) is 0 Å². The Labute approximate surface area is 117 Å². The molecule has 0 aromatic carbocycles. The van der Waals surface area contributed by atoms with Gasteiger partial charge >= 0.3 is 5.97 Å². The van der Waals surface area contributed by atoms with E-state index in [0.717, 1.165) is 18.5 Å². The molecule has 1 aliphatic rings. The van der Waals surface area contributed by atoms with Gasteiger partial charge in [-0.25, -0.2) is 4.98 Å². The molecular formula is C14H19N3O3. The number of nitrogens with one attached hydrogen (secondary N) is 1. The lowest BCUT2D eigenvalue weighted by Gasteiger charge is -2.17. The molecule has 0 saturated heterocycles. The lowest BCUT2D eigenvalue weighted by molar-refractivity contribution is -0.142. The number of carboxylic acids is 1. The largest absolute Gasteiger partial charge is 0.481 e. The highest BCUT2D eigenvalue weighted by Crippen LogP contribution is 2.32. The van der Waals surface area contributed by atoms with Gasteiger partial charge in [0.1, 0.15) is 5.82 Å². The third kappa shape index (κ3) is 3.07. The van der Waals surface area contributed by atoms with Crippen molar-refractivity contribution >= 4 is 17.7 Å². The van der Waals surface area contributed by atoms with Gasteiger partial charge < -0.3 is 16.2 Å². The first-order valence-electron chi connectivity index (χ1n) is 6.73. The first-order chi connectivity index (χ1) is 9.49. The molecule has 6 heteroatoms. The van der Waals surface area contributed by atoms with E-state index in [2.05, 4.69) is 10.3 Å². The number of carbonyl (C=O) groups excluding carboxylic acids is 1. The van der Waals surface area contributed by atoms with Gasteiger partial charge in [-0.2, -0.15) is 0 Å². The van der Waals surface area contributed by atoms with Crippen molar-refractivity contribution in [3.05, 3.63) is 23.4 Å². The highest BCUT2D eigenvalue weighted by Gasteiger charge is 2.32. The number of aromatic nitrogens is 1. The average Bonchev–Trinajstić information content (AvgIpc) is 2.84. The molecule has 1 saturated carbocycles. The van der Waals surface area contributed by atoms with Crippen molar-refractivity contribution < 1.29 is 14.7 Å². The summed E-state index contributed by atoms with van der Waals surface area (Å²) in [6.45, 7) is 2.32. The Hall–Kier alpha value is -2.11. The summed E-state index contributed by atoms with van der Waals surface area (Å²) in [5.74, 6) is -1.10. The Morgan fingerprint density at radius 3 is 2.85 bits per heavy atom. The number of hydrogen-bond donors (Lipinski definition) is 3. The van der Waals surface area contributed by atoms with Crippen LogP contribution in [0, 0.1) is 18.8 Å². The van der Waals surface area contributed by atoms with Crippen molar-refractivity contribution in [3.8, 4) is 0 Å². The third-order valence-electron chi connectivity index (χ3n) is 3.81. The number of rotatable bonds is 5. The summed E-state index contributed by atoms with van der Waals surface area (Å²) in [6.07, 6.45) is 2.51. The molecule has 6 nitrogen and oxygen atoms in total. The van der Waals surface area contributed by atoms with Gasteiger partial charge in [-0.1, -0.05) is 6.42 Å². The zero-order valence-electron chi connectivity index (χ0n) is 11.4. The molecule has 0 aliphatic heterocycles. The summed E-state index contributed by atoms with van der Waals surface area (Å²) in [4.78, 5) is 26.8. The highest BCUT2D eigenvalue weighted by molar-refractivity contribution is 5.97. The summed E-state index contributed by atoms with van der Waals surface area (Å²) in [6, 6.07) is 3.36. The number of amides is 1. The number of primary amides is 1. The van der Waals surface area contributed by atoms with Gasteiger partial charge in [0, 0.05) is 12.2 Å². The second kappa shape index (κ2) is 5.90. The number of carbonyl (C=O) groups is 2. The minimum Gasteiger partial charge on any atom is -0.481 e. The maximum Gasteiger partial charge on any atom is 0.306 e. The smallest absolute Gasteiger partial charge is 0.306 e. The predicted molar refractivity (Wildman–Crippen MR) is 74.4 cm³/mol. The van der Waals surface area contributed by atoms with Crippen molar-refractivity contribution in [2.75, 3.05) is 11.9 Å². The van der Waals surface area contributed by atoms with E-state index >= 15 is 0 Å². The summed E-state index contributed by atoms with van der Waals surface area (Å²) < 4.78 is 0. The maximum atomic E-state index is 11.3. The third-order valence-corrected chi connectivity index (χ3v) is 3.81. The number of aliphatic carboxylic acids is 1. The Kier molecular flexibility index (Phi) is 4.22. The number of aryl methyl sites for hydroxylation is 1. The van der Waals surface area contributed by atoms with Gasteiger partial charge in [0.15, 0.2) is 0 Å². The van der Waals surface area contributed by atoms with Crippen molar-refractivity contribution in [2.24, 2.45) is 17.6 Å². The molecule has 2 atom stereocenters. The van der Waals surface area contributed by atoms with Gasteiger partial charge in [-0.15, -0.1) is 0 Å². The first kappa shape index (κ1) is 14.3. The number of anilines is 1. The van der Waals surface area contributed by atoms with Crippen LogP contribution >= 0.6 is 0 Å². The fourth-order valence-electron chi connectivity index (χ4n) is 2.72. The van der Waals surface area contributed by atoms with E-state index in [0.29, 0.717) is 24.3 Å². The van der Waals surface area contributed by atoms with E-state index in [-0.39, 0.29) is 11.8 Å². The molecule has 1 aromatic heterocycles. The number of hydrogen-bond acceptors (Lipinski definition) is 4. The van der Waals surface area contributed by atoms with Gasteiger partial charge in [-0.05, 0) is 37.8 Å². The van der Waals surface area contributed by atoms with Crippen LogP contribution in [0.15, 0.2) is 12.1 Å². The molecule has 1 aliphatic carbocycles. The van der Waals surface area contributed by atoms with Crippen LogP contribution in [-0.4, -0.2) is 28.5 Å². The van der Waals surface area contributed by atoms with Crippen LogP contribution in [0.2, 0.25) is 0 Å². The molecule has 4 N–H and O–H groups in total. The van der Waals surface area contributed by atoms with E-state index in [1.807, 2.05) is 6.92 Å². The lowest BCUT2D eigenvalue weighted by atomic mass is 9.96. The Morgan fingerprint density at radius 1 is 1.45 bits per heavy atom. The first-order valence-corrected chi connectivity index (χ1v) is 6.73. The van der Waals surface area contributed by atoms with Crippen LogP contribution < -0.4 is 11.1 Å². The summed E-state index contributed by atoms with van der Waals surface area (Å²) in [5.41, 5.74) is 6.42.